The van der Waals surface area contributed by atoms with Crippen molar-refractivity contribution in [1.29, 1.82) is 0 Å². The highest BCUT2D eigenvalue weighted by molar-refractivity contribution is 8.01. The monoisotopic (exact) mass is 394 g/mol. The number of nitrogens with zero attached hydrogens (tertiary/aromatic N) is 2. The zero-order valence-electron chi connectivity index (χ0n) is 14.3. The van der Waals surface area contributed by atoms with Crippen molar-refractivity contribution in [2.75, 3.05) is 19.4 Å². The fourth-order valence-corrected chi connectivity index (χ4v) is 6.04. The van der Waals surface area contributed by atoms with Gasteiger partial charge in [0.15, 0.2) is 5.75 Å². The molecule has 0 radical (unpaired) electrons. The van der Waals surface area contributed by atoms with Crippen LogP contribution >= 0.6 is 11.8 Å². The smallest absolute Gasteiger partial charge is 0.311 e. The van der Waals surface area contributed by atoms with Gasteiger partial charge in [0.25, 0.3) is 0 Å². The SMILES string of the molecule is COc1ccc([C@H]2SCCN2S(=O)(=O)c2ccc(C)cc2)cc1[N+](=O)[O-]. The number of sulfonamides is 1. The van der Waals surface area contributed by atoms with Gasteiger partial charge < -0.3 is 4.74 Å². The molecule has 9 heteroatoms. The normalized spacial score (nSPS) is 18.0. The van der Waals surface area contributed by atoms with Gasteiger partial charge in [-0.15, -0.1) is 11.8 Å². The molecule has 7 nitrogen and oxygen atoms in total. The molecule has 0 aliphatic carbocycles. The van der Waals surface area contributed by atoms with Crippen LogP contribution in [-0.2, 0) is 10.0 Å². The van der Waals surface area contributed by atoms with Crippen molar-refractivity contribution in [3.63, 3.8) is 0 Å². The van der Waals surface area contributed by atoms with Crippen LogP contribution in [0.1, 0.15) is 16.5 Å². The van der Waals surface area contributed by atoms with Crippen LogP contribution in [0.15, 0.2) is 47.4 Å². The second-order valence-electron chi connectivity index (χ2n) is 5.84. The summed E-state index contributed by atoms with van der Waals surface area (Å²) in [6.45, 7) is 2.24. The lowest BCUT2D eigenvalue weighted by Gasteiger charge is -2.23. The van der Waals surface area contributed by atoms with Gasteiger partial charge in [0.1, 0.15) is 0 Å². The largest absolute Gasteiger partial charge is 0.490 e. The molecule has 1 aliphatic heterocycles. The highest BCUT2D eigenvalue weighted by Crippen LogP contribution is 2.43. The predicted molar refractivity (Wildman–Crippen MR) is 99.9 cm³/mol. The number of benzene rings is 2. The standard InChI is InChI=1S/C17H18N2O5S2/c1-12-3-6-14(7-4-12)26(22,23)18-9-10-25-17(18)13-5-8-16(24-2)15(11-13)19(20)21/h3-8,11,17H,9-10H2,1-2H3/t17-/m1/s1. The van der Waals surface area contributed by atoms with Crippen molar-refractivity contribution in [2.24, 2.45) is 0 Å². The van der Waals surface area contributed by atoms with Gasteiger partial charge in [-0.2, -0.15) is 4.31 Å². The van der Waals surface area contributed by atoms with Crippen LogP contribution in [0.25, 0.3) is 0 Å². The van der Waals surface area contributed by atoms with Gasteiger partial charge in [0.2, 0.25) is 10.0 Å². The van der Waals surface area contributed by atoms with E-state index in [4.69, 9.17) is 4.74 Å². The first-order valence-corrected chi connectivity index (χ1v) is 10.4. The number of methoxy groups -OCH3 is 1. The van der Waals surface area contributed by atoms with E-state index in [1.54, 1.807) is 30.3 Å². The molecule has 0 bridgehead atoms. The Balaban J connectivity index is 1.99. The molecule has 1 heterocycles. The second-order valence-corrected chi connectivity index (χ2v) is 8.92. The first kappa shape index (κ1) is 18.7. The molecule has 0 saturated carbocycles. The first-order chi connectivity index (χ1) is 12.3. The zero-order chi connectivity index (χ0) is 18.9. The molecule has 1 atom stereocenters. The van der Waals surface area contributed by atoms with Crippen molar-refractivity contribution < 1.29 is 18.1 Å². The minimum Gasteiger partial charge on any atom is -0.490 e. The fraction of sp³-hybridized carbons (Fsp3) is 0.294. The van der Waals surface area contributed by atoms with E-state index in [9.17, 15) is 18.5 Å². The van der Waals surface area contributed by atoms with Crippen LogP contribution < -0.4 is 4.74 Å². The summed E-state index contributed by atoms with van der Waals surface area (Å²) in [7, 11) is -2.33. The van der Waals surface area contributed by atoms with Crippen LogP contribution in [0.5, 0.6) is 5.75 Å². The third kappa shape index (κ3) is 3.42. The molecule has 1 fully saturated rings. The van der Waals surface area contributed by atoms with E-state index in [-0.39, 0.29) is 16.3 Å². The Morgan fingerprint density at radius 3 is 2.54 bits per heavy atom. The summed E-state index contributed by atoms with van der Waals surface area (Å²) >= 11 is 1.45. The van der Waals surface area contributed by atoms with E-state index in [2.05, 4.69) is 0 Å². The van der Waals surface area contributed by atoms with Crippen molar-refractivity contribution >= 4 is 27.5 Å². The van der Waals surface area contributed by atoms with E-state index < -0.39 is 20.3 Å². The molecule has 26 heavy (non-hydrogen) atoms. The van der Waals surface area contributed by atoms with E-state index in [1.165, 1.54) is 35.3 Å². The van der Waals surface area contributed by atoms with Crippen molar-refractivity contribution in [2.45, 2.75) is 17.2 Å². The number of hydrogen-bond acceptors (Lipinski definition) is 6. The van der Waals surface area contributed by atoms with Gasteiger partial charge in [0, 0.05) is 18.4 Å². The second kappa shape index (κ2) is 7.26. The van der Waals surface area contributed by atoms with Gasteiger partial charge in [-0.05, 0) is 30.7 Å². The topological polar surface area (TPSA) is 89.8 Å². The molecule has 138 valence electrons. The average molecular weight is 394 g/mol. The van der Waals surface area contributed by atoms with Crippen molar-refractivity contribution in [1.82, 2.24) is 4.31 Å². The number of nitro groups is 1. The number of thioether (sulfide) groups is 1. The number of ether oxygens (including phenoxy) is 1. The van der Waals surface area contributed by atoms with Crippen LogP contribution in [0, 0.1) is 17.0 Å². The summed E-state index contributed by atoms with van der Waals surface area (Å²) in [5.41, 5.74) is 1.36. The Kier molecular flexibility index (Phi) is 5.22. The molecule has 1 saturated heterocycles. The van der Waals surface area contributed by atoms with Crippen LogP contribution in [0.3, 0.4) is 0 Å². The van der Waals surface area contributed by atoms with E-state index in [0.717, 1.165) is 5.56 Å². The average Bonchev–Trinajstić information content (AvgIpc) is 3.12. The summed E-state index contributed by atoms with van der Waals surface area (Å²) in [5, 5.41) is 10.8. The van der Waals surface area contributed by atoms with Gasteiger partial charge in [-0.1, -0.05) is 23.8 Å². The molecule has 0 amide bonds. The predicted octanol–water partition coefficient (Wildman–Crippen LogP) is 3.35. The summed E-state index contributed by atoms with van der Waals surface area (Å²) < 4.78 is 32.5. The van der Waals surface area contributed by atoms with Crippen LogP contribution in [0.2, 0.25) is 0 Å². The summed E-state index contributed by atoms with van der Waals surface area (Å²) in [4.78, 5) is 11.0. The summed E-state index contributed by atoms with van der Waals surface area (Å²) in [6.07, 6.45) is 0. The van der Waals surface area contributed by atoms with Crippen LogP contribution in [-0.4, -0.2) is 37.1 Å². The molecule has 0 N–H and O–H groups in total. The highest BCUT2D eigenvalue weighted by atomic mass is 32.2. The maximum absolute atomic E-state index is 13.0. The molecule has 3 rings (SSSR count). The lowest BCUT2D eigenvalue weighted by Crippen LogP contribution is -2.30. The van der Waals surface area contributed by atoms with E-state index >= 15 is 0 Å². The maximum atomic E-state index is 13.0. The molecular weight excluding hydrogens is 376 g/mol. The lowest BCUT2D eigenvalue weighted by atomic mass is 10.2. The Bertz CT molecular complexity index is 929. The lowest BCUT2D eigenvalue weighted by molar-refractivity contribution is -0.385. The van der Waals surface area contributed by atoms with E-state index in [1.807, 2.05) is 6.92 Å². The first-order valence-electron chi connectivity index (χ1n) is 7.87. The molecule has 2 aromatic rings. The number of aryl methyl sites for hydroxylation is 1. The van der Waals surface area contributed by atoms with Gasteiger partial charge in [0.05, 0.1) is 22.3 Å². The molecule has 0 aromatic heterocycles. The minimum absolute atomic E-state index is 0.148. The minimum atomic E-state index is -3.69. The molecule has 0 spiro atoms. The van der Waals surface area contributed by atoms with Gasteiger partial charge in [-0.3, -0.25) is 10.1 Å². The maximum Gasteiger partial charge on any atom is 0.311 e. The Morgan fingerprint density at radius 1 is 1.23 bits per heavy atom. The zero-order valence-corrected chi connectivity index (χ0v) is 15.9. The number of hydrogen-bond donors (Lipinski definition) is 0. The third-order valence-electron chi connectivity index (χ3n) is 4.16. The van der Waals surface area contributed by atoms with Crippen LogP contribution in [0.4, 0.5) is 5.69 Å². The van der Waals surface area contributed by atoms with Crippen molar-refractivity contribution in [3.05, 3.63) is 63.7 Å². The summed E-state index contributed by atoms with van der Waals surface area (Å²) in [6, 6.07) is 11.2. The van der Waals surface area contributed by atoms with Gasteiger partial charge in [-0.25, -0.2) is 8.42 Å². The van der Waals surface area contributed by atoms with E-state index in [0.29, 0.717) is 17.9 Å². The number of nitro benzene ring substituents is 1. The fourth-order valence-electron chi connectivity index (χ4n) is 2.81. The Labute approximate surface area is 156 Å². The Morgan fingerprint density at radius 2 is 1.92 bits per heavy atom. The van der Waals surface area contributed by atoms with Crippen molar-refractivity contribution in [3.8, 4) is 5.75 Å². The molecule has 0 unspecified atom stereocenters. The third-order valence-corrected chi connectivity index (χ3v) is 7.43. The highest BCUT2D eigenvalue weighted by Gasteiger charge is 2.37. The van der Waals surface area contributed by atoms with Gasteiger partial charge >= 0.3 is 5.69 Å². The Hall–Kier alpha value is -2.10. The number of rotatable bonds is 5. The quantitative estimate of drug-likeness (QED) is 0.571. The molecular formula is C17H18N2O5S2. The molecule has 2 aromatic carbocycles. The summed E-state index contributed by atoms with van der Waals surface area (Å²) in [5.74, 6) is 0.768. The molecule has 1 aliphatic rings.